The van der Waals surface area contributed by atoms with Crippen molar-refractivity contribution in [3.05, 3.63) is 262 Å². The van der Waals surface area contributed by atoms with Gasteiger partial charge in [-0.15, -0.1) is 0 Å². The number of anilines is 3. The fourth-order valence-electron chi connectivity index (χ4n) is 9.67. The first kappa shape index (κ1) is 53.0. The van der Waals surface area contributed by atoms with E-state index in [1.54, 1.807) is 0 Å². The monoisotopic (exact) mass is 908 g/mol. The van der Waals surface area contributed by atoms with Crippen molar-refractivity contribution in [2.24, 2.45) is 0 Å². The molecule has 0 aromatic heterocycles. The molecular formula is C68H77N. The Kier molecular flexibility index (Phi) is 20.0. The number of aryl methyl sites for hydroxylation is 1. The van der Waals surface area contributed by atoms with E-state index in [4.69, 9.17) is 0 Å². The quantitative estimate of drug-likeness (QED) is 0.124. The van der Waals surface area contributed by atoms with Gasteiger partial charge in [-0.05, 0) is 170 Å². The van der Waals surface area contributed by atoms with Crippen LogP contribution in [0, 0.1) is 13.8 Å². The largest absolute Gasteiger partial charge is 0.311 e. The Morgan fingerprint density at radius 2 is 1.13 bits per heavy atom. The average molecular weight is 908 g/mol. The summed E-state index contributed by atoms with van der Waals surface area (Å²) in [6.45, 7) is 30.0. The molecule has 0 saturated heterocycles. The molecule has 69 heavy (non-hydrogen) atoms. The van der Waals surface area contributed by atoms with Crippen LogP contribution in [0.15, 0.2) is 218 Å². The number of para-hydroxylation sites is 1. The smallest absolute Gasteiger partial charge is 0.0462 e. The van der Waals surface area contributed by atoms with Crippen LogP contribution < -0.4 is 4.90 Å². The molecule has 7 aromatic rings. The Hall–Kier alpha value is -6.96. The predicted octanol–water partition coefficient (Wildman–Crippen LogP) is 20.3. The summed E-state index contributed by atoms with van der Waals surface area (Å²) in [6.07, 6.45) is 12.0. The highest BCUT2D eigenvalue weighted by Crippen LogP contribution is 2.53. The normalized spacial score (nSPS) is 14.5. The van der Waals surface area contributed by atoms with E-state index < -0.39 is 0 Å². The Bertz CT molecular complexity index is 2840. The van der Waals surface area contributed by atoms with Crippen LogP contribution in [0.1, 0.15) is 127 Å². The minimum atomic E-state index is -0.104. The fourth-order valence-corrected chi connectivity index (χ4v) is 9.67. The molecule has 0 N–H and O–H groups in total. The van der Waals surface area contributed by atoms with Crippen LogP contribution in [0.2, 0.25) is 0 Å². The highest BCUT2D eigenvalue weighted by Gasteiger charge is 2.42. The molecule has 2 aliphatic rings. The van der Waals surface area contributed by atoms with Gasteiger partial charge in [0, 0.05) is 22.5 Å². The van der Waals surface area contributed by atoms with Gasteiger partial charge in [0.05, 0.1) is 0 Å². The van der Waals surface area contributed by atoms with Crippen LogP contribution in [0.3, 0.4) is 0 Å². The van der Waals surface area contributed by atoms with Gasteiger partial charge in [0.2, 0.25) is 0 Å². The highest BCUT2D eigenvalue weighted by molar-refractivity contribution is 5.92. The number of fused-ring (bicyclic) bond motifs is 2. The lowest BCUT2D eigenvalue weighted by Crippen LogP contribution is -2.24. The first-order valence-electron chi connectivity index (χ1n) is 25.4. The third-order valence-corrected chi connectivity index (χ3v) is 13.3. The van der Waals surface area contributed by atoms with Crippen molar-refractivity contribution in [3.8, 4) is 11.1 Å². The summed E-state index contributed by atoms with van der Waals surface area (Å²) in [6, 6.07) is 62.6. The van der Waals surface area contributed by atoms with Gasteiger partial charge in [-0.25, -0.2) is 0 Å². The molecule has 0 spiro atoms. The zero-order valence-corrected chi connectivity index (χ0v) is 43.8. The molecule has 1 unspecified atom stereocenters. The average Bonchev–Trinajstić information content (AvgIpc) is 3.86. The van der Waals surface area contributed by atoms with Gasteiger partial charge in [0.25, 0.3) is 0 Å². The lowest BCUT2D eigenvalue weighted by atomic mass is 9.72. The Morgan fingerprint density at radius 3 is 1.68 bits per heavy atom. The summed E-state index contributed by atoms with van der Waals surface area (Å²) in [5.74, 6) is 0. The molecule has 1 atom stereocenters. The second-order valence-corrected chi connectivity index (χ2v) is 17.3. The van der Waals surface area contributed by atoms with Crippen molar-refractivity contribution < 1.29 is 0 Å². The van der Waals surface area contributed by atoms with Crippen molar-refractivity contribution in [2.75, 3.05) is 4.90 Å². The molecule has 0 aliphatic heterocycles. The maximum Gasteiger partial charge on any atom is 0.0462 e. The summed E-state index contributed by atoms with van der Waals surface area (Å²) < 4.78 is 0. The zero-order valence-electron chi connectivity index (χ0n) is 43.8. The van der Waals surface area contributed by atoms with Gasteiger partial charge in [0.1, 0.15) is 0 Å². The number of rotatable bonds is 10. The highest BCUT2D eigenvalue weighted by atomic mass is 15.1. The van der Waals surface area contributed by atoms with Crippen LogP contribution in [0.25, 0.3) is 27.8 Å². The standard InChI is InChI=1S/C28H32.C25H21N.C11H12.2C2H6/c1-7-11-15-21(8-2)24-18-19-26-27(20(24)5)23(9-3)25(10-4)28(26,6)22-16-13-12-14-17-22;1-20-12-16-24(17-13-20)26(23-10-6-3-7-11-23)25-18-14-22(15-19-25)21-8-4-2-5-9-21;1-8-7-10-5-3-4-6-11(10)9(8)2;2*1-2/h8-9,11-19H,3,7,10H2,1-2,4-6H3;2-19H,1H3;3-6H,7H2,1-2H3;2*1-2H3/b15-11-,21-8-;;;;. The predicted molar refractivity (Wildman–Crippen MR) is 307 cm³/mol. The van der Waals surface area contributed by atoms with Crippen LogP contribution in [-0.4, -0.2) is 0 Å². The van der Waals surface area contributed by atoms with Crippen LogP contribution in [0.5, 0.6) is 0 Å². The van der Waals surface area contributed by atoms with Crippen LogP contribution in [0.4, 0.5) is 17.1 Å². The minimum absolute atomic E-state index is 0.104. The molecule has 7 aromatic carbocycles. The van der Waals surface area contributed by atoms with Gasteiger partial charge in [-0.2, -0.15) is 0 Å². The summed E-state index contributed by atoms with van der Waals surface area (Å²) in [5, 5.41) is 0. The van der Waals surface area contributed by atoms with Crippen molar-refractivity contribution in [3.63, 3.8) is 0 Å². The van der Waals surface area contributed by atoms with Gasteiger partial charge in [-0.3, -0.25) is 0 Å². The maximum absolute atomic E-state index is 4.20. The van der Waals surface area contributed by atoms with Crippen molar-refractivity contribution >= 4 is 33.8 Å². The van der Waals surface area contributed by atoms with Gasteiger partial charge < -0.3 is 4.90 Å². The van der Waals surface area contributed by atoms with E-state index in [0.29, 0.717) is 0 Å². The van der Waals surface area contributed by atoms with E-state index in [-0.39, 0.29) is 5.41 Å². The fraction of sp³-hybridized carbons (Fsp3) is 0.235. The lowest BCUT2D eigenvalue weighted by molar-refractivity contribution is 0.665. The molecule has 0 saturated carbocycles. The van der Waals surface area contributed by atoms with E-state index in [1.165, 1.54) is 83.5 Å². The number of hydrogen-bond donors (Lipinski definition) is 0. The van der Waals surface area contributed by atoms with Crippen molar-refractivity contribution in [2.45, 2.75) is 108 Å². The Morgan fingerprint density at radius 1 is 0.609 bits per heavy atom. The lowest BCUT2D eigenvalue weighted by Gasteiger charge is -2.31. The first-order chi connectivity index (χ1) is 33.6. The molecule has 354 valence electrons. The van der Waals surface area contributed by atoms with Crippen LogP contribution >= 0.6 is 0 Å². The first-order valence-corrected chi connectivity index (χ1v) is 25.4. The van der Waals surface area contributed by atoms with Crippen molar-refractivity contribution in [1.82, 2.24) is 0 Å². The molecular weight excluding hydrogens is 831 g/mol. The molecule has 1 heteroatoms. The molecule has 9 rings (SSSR count). The second kappa shape index (κ2) is 26.0. The summed E-state index contributed by atoms with van der Waals surface area (Å²) in [5.41, 5.74) is 23.9. The Labute approximate surface area is 418 Å². The third-order valence-electron chi connectivity index (χ3n) is 13.3. The SMILES string of the molecule is C=CC1=C(CC)C(C)(c2ccccc2)c2ccc(C(/C=C\CC)=C\C)c(C)c21.CC.CC.CC1=C(C)c2ccccc2C1.Cc1ccc(N(c2ccccc2)c2ccc(-c3ccccc3)cc2)cc1. The van der Waals surface area contributed by atoms with Gasteiger partial charge in [-0.1, -0.05) is 223 Å². The van der Waals surface area contributed by atoms with E-state index in [1.807, 2.05) is 33.8 Å². The molecule has 0 amide bonds. The van der Waals surface area contributed by atoms with Gasteiger partial charge in [0.15, 0.2) is 0 Å². The maximum atomic E-state index is 4.20. The van der Waals surface area contributed by atoms with E-state index in [2.05, 4.69) is 261 Å². The van der Waals surface area contributed by atoms with E-state index >= 15 is 0 Å². The third kappa shape index (κ3) is 12.0. The zero-order chi connectivity index (χ0) is 49.9. The molecule has 2 aliphatic carbocycles. The minimum Gasteiger partial charge on any atom is -0.311 e. The molecule has 0 radical (unpaired) electrons. The van der Waals surface area contributed by atoms with E-state index in [0.717, 1.165) is 36.3 Å². The van der Waals surface area contributed by atoms with Crippen molar-refractivity contribution in [1.29, 1.82) is 0 Å². The summed E-state index contributed by atoms with van der Waals surface area (Å²) >= 11 is 0. The number of benzene rings is 7. The Balaban J connectivity index is 0.000000200. The van der Waals surface area contributed by atoms with Crippen LogP contribution in [-0.2, 0) is 11.8 Å². The number of allylic oxidation sites excluding steroid dienone is 9. The molecule has 0 fully saturated rings. The summed E-state index contributed by atoms with van der Waals surface area (Å²) in [7, 11) is 0. The molecule has 1 nitrogen and oxygen atoms in total. The number of hydrogen-bond acceptors (Lipinski definition) is 1. The number of nitrogens with zero attached hydrogens (tertiary/aromatic N) is 1. The second-order valence-electron chi connectivity index (χ2n) is 17.3. The van der Waals surface area contributed by atoms with Gasteiger partial charge >= 0.3 is 0 Å². The van der Waals surface area contributed by atoms with E-state index in [9.17, 15) is 0 Å². The molecule has 0 heterocycles. The molecule has 0 bridgehead atoms. The topological polar surface area (TPSA) is 3.24 Å². The summed E-state index contributed by atoms with van der Waals surface area (Å²) in [4.78, 5) is 2.29.